The van der Waals surface area contributed by atoms with E-state index in [2.05, 4.69) is 39.0 Å². The zero-order valence-corrected chi connectivity index (χ0v) is 9.54. The van der Waals surface area contributed by atoms with Gasteiger partial charge in [-0.2, -0.15) is 0 Å². The molecule has 0 saturated carbocycles. The predicted octanol–water partition coefficient (Wildman–Crippen LogP) is 1.94. The molecule has 0 aromatic heterocycles. The van der Waals surface area contributed by atoms with Crippen LogP contribution in [0.4, 0.5) is 0 Å². The van der Waals surface area contributed by atoms with Crippen LogP contribution in [-0.4, -0.2) is 5.97 Å². The minimum Gasteiger partial charge on any atom is -0.550 e. The van der Waals surface area contributed by atoms with Crippen LogP contribution >= 0.6 is 0 Å². The van der Waals surface area contributed by atoms with Gasteiger partial charge in [-0.1, -0.05) is 30.7 Å². The van der Waals surface area contributed by atoms with Crippen molar-refractivity contribution in [3.63, 3.8) is 0 Å². The molecule has 1 aromatic rings. The first-order chi connectivity index (χ1) is 7.00. The molecular weight excluding hydrogens is 188 g/mol. The van der Waals surface area contributed by atoms with Crippen LogP contribution in [0.2, 0.25) is 0 Å². The van der Waals surface area contributed by atoms with E-state index < -0.39 is 5.97 Å². The second-order valence-corrected chi connectivity index (χ2v) is 4.17. The summed E-state index contributed by atoms with van der Waals surface area (Å²) in [5.41, 5.74) is 3.69. The largest absolute Gasteiger partial charge is 0.550 e. The highest BCUT2D eigenvalue weighted by Gasteiger charge is 2.08. The number of aryl methyl sites for hydroxylation is 2. The summed E-state index contributed by atoms with van der Waals surface area (Å²) in [6.07, 6.45) is 0.779. The highest BCUT2D eigenvalue weighted by Crippen LogP contribution is 2.24. The van der Waals surface area contributed by atoms with E-state index >= 15 is 0 Å². The molecule has 82 valence electrons. The van der Waals surface area contributed by atoms with Gasteiger partial charge in [-0.3, -0.25) is 0 Å². The second-order valence-electron chi connectivity index (χ2n) is 4.17. The number of carbonyl (C=O) groups excluding carboxylic acids is 1. The van der Waals surface area contributed by atoms with E-state index in [1.807, 2.05) is 0 Å². The lowest BCUT2D eigenvalue weighted by atomic mass is 9.91. The standard InChI is InChI=1S/C13H18O2/c1-9-4-5-10(2)12(8-9)11(3)6-7-13(14)15/h4-5,8,11H,6-7H2,1-3H3,(H,14,15)/p-1/t11-/m1/s1. The molecular formula is C13H17O2-. The van der Waals surface area contributed by atoms with Gasteiger partial charge in [-0.05, 0) is 43.7 Å². The van der Waals surface area contributed by atoms with Crippen LogP contribution in [0.25, 0.3) is 0 Å². The summed E-state index contributed by atoms with van der Waals surface area (Å²) >= 11 is 0. The molecule has 0 spiro atoms. The first kappa shape index (κ1) is 11.8. The van der Waals surface area contributed by atoms with E-state index in [0.29, 0.717) is 6.42 Å². The Kier molecular flexibility index (Phi) is 3.89. The molecule has 0 amide bonds. The van der Waals surface area contributed by atoms with Crippen molar-refractivity contribution in [3.8, 4) is 0 Å². The molecule has 2 heteroatoms. The maximum Gasteiger partial charge on any atom is 0.0414 e. The molecule has 0 bridgehead atoms. The average Bonchev–Trinajstić information content (AvgIpc) is 2.18. The smallest absolute Gasteiger partial charge is 0.0414 e. The molecule has 1 rings (SSSR count). The van der Waals surface area contributed by atoms with Crippen molar-refractivity contribution >= 4 is 5.97 Å². The molecule has 1 atom stereocenters. The number of carboxylic acids is 1. The van der Waals surface area contributed by atoms with Crippen molar-refractivity contribution in [3.05, 3.63) is 34.9 Å². The predicted molar refractivity (Wildman–Crippen MR) is 58.6 cm³/mol. The van der Waals surface area contributed by atoms with Crippen molar-refractivity contribution in [1.29, 1.82) is 0 Å². The molecule has 0 heterocycles. The summed E-state index contributed by atoms with van der Waals surface area (Å²) in [6, 6.07) is 6.29. The molecule has 15 heavy (non-hydrogen) atoms. The Hall–Kier alpha value is -1.31. The van der Waals surface area contributed by atoms with Gasteiger partial charge < -0.3 is 9.90 Å². The lowest BCUT2D eigenvalue weighted by Gasteiger charge is -2.15. The van der Waals surface area contributed by atoms with E-state index in [9.17, 15) is 9.90 Å². The molecule has 0 unspecified atom stereocenters. The number of hydrogen-bond acceptors (Lipinski definition) is 2. The molecule has 0 saturated heterocycles. The van der Waals surface area contributed by atoms with Crippen molar-refractivity contribution in [2.24, 2.45) is 0 Å². The Labute approximate surface area is 90.9 Å². The molecule has 0 N–H and O–H groups in total. The molecule has 0 radical (unpaired) electrons. The number of carbonyl (C=O) groups is 1. The molecule has 0 fully saturated rings. The van der Waals surface area contributed by atoms with E-state index in [4.69, 9.17) is 0 Å². The van der Waals surface area contributed by atoms with Gasteiger partial charge >= 0.3 is 0 Å². The van der Waals surface area contributed by atoms with Crippen LogP contribution in [0.1, 0.15) is 42.4 Å². The zero-order valence-electron chi connectivity index (χ0n) is 9.54. The highest BCUT2D eigenvalue weighted by molar-refractivity contribution is 5.64. The number of aliphatic carboxylic acids is 1. The fourth-order valence-corrected chi connectivity index (χ4v) is 1.78. The Morgan fingerprint density at radius 3 is 2.67 bits per heavy atom. The van der Waals surface area contributed by atoms with Gasteiger partial charge in [-0.25, -0.2) is 0 Å². The van der Waals surface area contributed by atoms with Gasteiger partial charge in [0.15, 0.2) is 0 Å². The summed E-state index contributed by atoms with van der Waals surface area (Å²) in [4.78, 5) is 10.4. The summed E-state index contributed by atoms with van der Waals surface area (Å²) in [7, 11) is 0. The Morgan fingerprint density at radius 1 is 1.40 bits per heavy atom. The van der Waals surface area contributed by atoms with E-state index in [1.165, 1.54) is 16.7 Å². The average molecular weight is 205 g/mol. The minimum absolute atomic E-state index is 0.133. The molecule has 0 aliphatic carbocycles. The third-order valence-electron chi connectivity index (χ3n) is 2.75. The maximum absolute atomic E-state index is 10.4. The van der Waals surface area contributed by atoms with Gasteiger partial charge in [0.1, 0.15) is 0 Å². The Bertz CT molecular complexity index is 356. The van der Waals surface area contributed by atoms with Gasteiger partial charge in [-0.15, -0.1) is 0 Å². The number of rotatable bonds is 4. The van der Waals surface area contributed by atoms with Gasteiger partial charge in [0.05, 0.1) is 0 Å². The third-order valence-corrected chi connectivity index (χ3v) is 2.75. The highest BCUT2D eigenvalue weighted by atomic mass is 16.4. The Morgan fingerprint density at radius 2 is 2.07 bits per heavy atom. The van der Waals surface area contributed by atoms with E-state index in [0.717, 1.165) is 0 Å². The first-order valence-corrected chi connectivity index (χ1v) is 5.27. The molecule has 0 aliphatic heterocycles. The lowest BCUT2D eigenvalue weighted by Crippen LogP contribution is -2.22. The van der Waals surface area contributed by atoms with Crippen molar-refractivity contribution < 1.29 is 9.90 Å². The van der Waals surface area contributed by atoms with Gasteiger partial charge in [0, 0.05) is 5.97 Å². The number of benzene rings is 1. The molecule has 2 nitrogen and oxygen atoms in total. The Balaban J connectivity index is 2.76. The van der Waals surface area contributed by atoms with Crippen LogP contribution in [0.3, 0.4) is 0 Å². The summed E-state index contributed by atoms with van der Waals surface area (Å²) in [5.74, 6) is -0.685. The minimum atomic E-state index is -0.966. The topological polar surface area (TPSA) is 40.1 Å². The van der Waals surface area contributed by atoms with Crippen LogP contribution in [0, 0.1) is 13.8 Å². The van der Waals surface area contributed by atoms with Crippen molar-refractivity contribution in [2.45, 2.75) is 39.5 Å². The van der Waals surface area contributed by atoms with Gasteiger partial charge in [0.25, 0.3) is 0 Å². The lowest BCUT2D eigenvalue weighted by molar-refractivity contribution is -0.305. The zero-order chi connectivity index (χ0) is 11.4. The first-order valence-electron chi connectivity index (χ1n) is 5.27. The van der Waals surface area contributed by atoms with E-state index in [1.54, 1.807) is 0 Å². The summed E-state index contributed by atoms with van der Waals surface area (Å²) in [6.45, 7) is 6.17. The second kappa shape index (κ2) is 4.96. The summed E-state index contributed by atoms with van der Waals surface area (Å²) < 4.78 is 0. The van der Waals surface area contributed by atoms with Crippen molar-refractivity contribution in [2.75, 3.05) is 0 Å². The van der Waals surface area contributed by atoms with Crippen LogP contribution in [0.5, 0.6) is 0 Å². The number of hydrogen-bond donors (Lipinski definition) is 0. The van der Waals surface area contributed by atoms with Crippen LogP contribution in [-0.2, 0) is 4.79 Å². The monoisotopic (exact) mass is 205 g/mol. The number of carboxylic acid groups (broad SMARTS) is 1. The maximum atomic E-state index is 10.4. The molecule has 0 aliphatic rings. The fourth-order valence-electron chi connectivity index (χ4n) is 1.78. The third kappa shape index (κ3) is 3.39. The quantitative estimate of drug-likeness (QED) is 0.753. The van der Waals surface area contributed by atoms with Crippen molar-refractivity contribution in [1.82, 2.24) is 0 Å². The van der Waals surface area contributed by atoms with Crippen LogP contribution in [0.15, 0.2) is 18.2 Å². The van der Waals surface area contributed by atoms with Crippen LogP contribution < -0.4 is 5.11 Å². The fraction of sp³-hybridized carbons (Fsp3) is 0.462. The SMILES string of the molecule is Cc1ccc(C)c([C@H](C)CCC(=O)[O-])c1. The van der Waals surface area contributed by atoms with E-state index in [-0.39, 0.29) is 12.3 Å². The van der Waals surface area contributed by atoms with Gasteiger partial charge in [0.2, 0.25) is 0 Å². The summed E-state index contributed by atoms with van der Waals surface area (Å²) in [5, 5.41) is 10.4. The normalized spacial score (nSPS) is 12.5. The molecule has 1 aromatic carbocycles.